The summed E-state index contributed by atoms with van der Waals surface area (Å²) in [5.41, 5.74) is 4.99. The summed E-state index contributed by atoms with van der Waals surface area (Å²) in [4.78, 5) is 16.8. The zero-order chi connectivity index (χ0) is 19.4. The molecule has 1 N–H and O–H groups in total. The standard InChI is InChI=1S/C20H23N5OS/c1-5-25-19(16-8-6-7-9-21-16)23-24-20(25)27-12-17(26)22-18-14(3)10-13(2)11-15(18)4/h6-11H,5,12H2,1-4H3,(H,22,26). The molecule has 0 fully saturated rings. The van der Waals surface area contributed by atoms with Gasteiger partial charge < -0.3 is 9.88 Å². The lowest BCUT2D eigenvalue weighted by atomic mass is 10.1. The molecular formula is C20H23N5OS. The molecular weight excluding hydrogens is 358 g/mol. The van der Waals surface area contributed by atoms with E-state index in [0.717, 1.165) is 22.5 Å². The Hall–Kier alpha value is -2.67. The minimum Gasteiger partial charge on any atom is -0.325 e. The lowest BCUT2D eigenvalue weighted by Crippen LogP contribution is -2.16. The molecule has 1 amide bonds. The number of carbonyl (C=O) groups is 1. The summed E-state index contributed by atoms with van der Waals surface area (Å²) in [6, 6.07) is 9.83. The van der Waals surface area contributed by atoms with Gasteiger partial charge in [-0.15, -0.1) is 10.2 Å². The van der Waals surface area contributed by atoms with Crippen LogP contribution in [0.2, 0.25) is 0 Å². The molecule has 2 heterocycles. The van der Waals surface area contributed by atoms with Crippen molar-refractivity contribution < 1.29 is 4.79 Å². The van der Waals surface area contributed by atoms with E-state index in [-0.39, 0.29) is 11.7 Å². The third-order valence-corrected chi connectivity index (χ3v) is 5.17. The van der Waals surface area contributed by atoms with Gasteiger partial charge in [0.15, 0.2) is 11.0 Å². The molecule has 0 saturated heterocycles. The lowest BCUT2D eigenvalue weighted by Gasteiger charge is -2.13. The number of hydrogen-bond acceptors (Lipinski definition) is 5. The van der Waals surface area contributed by atoms with Crippen LogP contribution in [0.3, 0.4) is 0 Å². The number of aromatic nitrogens is 4. The molecule has 6 nitrogen and oxygen atoms in total. The molecule has 0 spiro atoms. The van der Waals surface area contributed by atoms with Crippen LogP contribution < -0.4 is 5.32 Å². The second-order valence-electron chi connectivity index (χ2n) is 6.38. The van der Waals surface area contributed by atoms with Crippen LogP contribution in [0.4, 0.5) is 5.69 Å². The molecule has 0 saturated carbocycles. The molecule has 0 bridgehead atoms. The van der Waals surface area contributed by atoms with Gasteiger partial charge >= 0.3 is 0 Å². The number of carbonyl (C=O) groups excluding carboxylic acids is 1. The van der Waals surface area contributed by atoms with Gasteiger partial charge in [-0.3, -0.25) is 9.78 Å². The Balaban J connectivity index is 1.70. The minimum atomic E-state index is -0.0555. The number of hydrogen-bond donors (Lipinski definition) is 1. The van der Waals surface area contributed by atoms with E-state index >= 15 is 0 Å². The molecule has 140 valence electrons. The van der Waals surface area contributed by atoms with Crippen molar-refractivity contribution in [1.29, 1.82) is 0 Å². The van der Waals surface area contributed by atoms with Crippen LogP contribution in [-0.4, -0.2) is 31.4 Å². The molecule has 0 atom stereocenters. The maximum atomic E-state index is 12.4. The quantitative estimate of drug-likeness (QED) is 0.653. The number of rotatable bonds is 6. The van der Waals surface area contributed by atoms with Crippen LogP contribution in [0.1, 0.15) is 23.6 Å². The summed E-state index contributed by atoms with van der Waals surface area (Å²) < 4.78 is 1.97. The fraction of sp³-hybridized carbons (Fsp3) is 0.300. The molecule has 3 aromatic rings. The van der Waals surface area contributed by atoms with Gasteiger partial charge in [-0.1, -0.05) is 35.5 Å². The van der Waals surface area contributed by atoms with Crippen LogP contribution in [0, 0.1) is 20.8 Å². The van der Waals surface area contributed by atoms with E-state index in [1.54, 1.807) is 6.20 Å². The number of aryl methyl sites for hydroxylation is 3. The summed E-state index contributed by atoms with van der Waals surface area (Å²) in [6.07, 6.45) is 1.73. The van der Waals surface area contributed by atoms with Crippen LogP contribution >= 0.6 is 11.8 Å². The van der Waals surface area contributed by atoms with Crippen molar-refractivity contribution in [2.45, 2.75) is 39.4 Å². The fourth-order valence-electron chi connectivity index (χ4n) is 3.05. The van der Waals surface area contributed by atoms with Crippen LogP contribution in [-0.2, 0) is 11.3 Å². The van der Waals surface area contributed by atoms with Gasteiger partial charge in [0.25, 0.3) is 0 Å². The number of nitrogens with one attached hydrogen (secondary N) is 1. The van der Waals surface area contributed by atoms with Crippen LogP contribution in [0.25, 0.3) is 11.5 Å². The first kappa shape index (κ1) is 19.1. The first-order chi connectivity index (χ1) is 13.0. The van der Waals surface area contributed by atoms with Gasteiger partial charge in [-0.2, -0.15) is 0 Å². The van der Waals surface area contributed by atoms with Crippen LogP contribution in [0.15, 0.2) is 41.7 Å². The Morgan fingerprint density at radius 1 is 1.15 bits per heavy atom. The zero-order valence-corrected chi connectivity index (χ0v) is 16.8. The van der Waals surface area contributed by atoms with Gasteiger partial charge in [0.2, 0.25) is 5.91 Å². The van der Waals surface area contributed by atoms with Crippen molar-refractivity contribution >= 4 is 23.4 Å². The monoisotopic (exact) mass is 381 g/mol. The third kappa shape index (κ3) is 4.36. The van der Waals surface area contributed by atoms with E-state index in [1.807, 2.05) is 43.5 Å². The Labute approximate surface area is 163 Å². The number of benzene rings is 1. The highest BCUT2D eigenvalue weighted by Crippen LogP contribution is 2.24. The van der Waals surface area contributed by atoms with Gasteiger partial charge in [0.05, 0.1) is 5.75 Å². The topological polar surface area (TPSA) is 72.7 Å². The van der Waals surface area contributed by atoms with Gasteiger partial charge in [0.1, 0.15) is 5.69 Å². The first-order valence-corrected chi connectivity index (χ1v) is 9.83. The van der Waals surface area contributed by atoms with E-state index in [2.05, 4.69) is 39.6 Å². The van der Waals surface area contributed by atoms with E-state index in [4.69, 9.17) is 0 Å². The Kier molecular flexibility index (Phi) is 5.91. The van der Waals surface area contributed by atoms with Gasteiger partial charge in [-0.25, -0.2) is 0 Å². The molecule has 2 aromatic heterocycles. The molecule has 0 aliphatic heterocycles. The first-order valence-electron chi connectivity index (χ1n) is 8.84. The van der Waals surface area contributed by atoms with Gasteiger partial charge in [-0.05, 0) is 51.0 Å². The van der Waals surface area contributed by atoms with Crippen molar-refractivity contribution in [3.8, 4) is 11.5 Å². The summed E-state index contributed by atoms with van der Waals surface area (Å²) in [7, 11) is 0. The summed E-state index contributed by atoms with van der Waals surface area (Å²) in [5, 5.41) is 12.2. The van der Waals surface area contributed by atoms with Crippen molar-refractivity contribution in [1.82, 2.24) is 19.7 Å². The Morgan fingerprint density at radius 2 is 1.89 bits per heavy atom. The predicted octanol–water partition coefficient (Wildman–Crippen LogP) is 4.02. The zero-order valence-electron chi connectivity index (χ0n) is 16.0. The molecule has 0 unspecified atom stereocenters. The summed E-state index contributed by atoms with van der Waals surface area (Å²) in [5.74, 6) is 0.930. The minimum absolute atomic E-state index is 0.0555. The average molecular weight is 382 g/mol. The SMILES string of the molecule is CCn1c(SCC(=O)Nc2c(C)cc(C)cc2C)nnc1-c1ccccn1. The second kappa shape index (κ2) is 8.35. The number of nitrogens with zero attached hydrogens (tertiary/aromatic N) is 4. The molecule has 0 aliphatic rings. The number of pyridine rings is 1. The molecule has 3 rings (SSSR count). The van der Waals surface area contributed by atoms with E-state index in [1.165, 1.54) is 17.3 Å². The van der Waals surface area contributed by atoms with Gasteiger partial charge in [0, 0.05) is 18.4 Å². The predicted molar refractivity (Wildman–Crippen MR) is 109 cm³/mol. The summed E-state index contributed by atoms with van der Waals surface area (Å²) in [6.45, 7) is 8.81. The highest BCUT2D eigenvalue weighted by Gasteiger charge is 2.16. The maximum absolute atomic E-state index is 12.4. The van der Waals surface area contributed by atoms with Crippen molar-refractivity contribution in [2.75, 3.05) is 11.1 Å². The van der Waals surface area contributed by atoms with Crippen molar-refractivity contribution in [3.63, 3.8) is 0 Å². The van der Waals surface area contributed by atoms with Crippen molar-refractivity contribution in [3.05, 3.63) is 53.2 Å². The maximum Gasteiger partial charge on any atom is 0.234 e. The summed E-state index contributed by atoms with van der Waals surface area (Å²) >= 11 is 1.38. The number of anilines is 1. The van der Waals surface area contributed by atoms with E-state index < -0.39 is 0 Å². The highest BCUT2D eigenvalue weighted by atomic mass is 32.2. The second-order valence-corrected chi connectivity index (χ2v) is 7.32. The average Bonchev–Trinajstić information content (AvgIpc) is 3.06. The number of amides is 1. The highest BCUT2D eigenvalue weighted by molar-refractivity contribution is 7.99. The van der Waals surface area contributed by atoms with E-state index in [0.29, 0.717) is 17.5 Å². The smallest absolute Gasteiger partial charge is 0.234 e. The normalized spacial score (nSPS) is 10.8. The van der Waals surface area contributed by atoms with Crippen molar-refractivity contribution in [2.24, 2.45) is 0 Å². The molecule has 0 aliphatic carbocycles. The largest absolute Gasteiger partial charge is 0.325 e. The number of thioether (sulfide) groups is 1. The Bertz CT molecular complexity index is 929. The molecule has 27 heavy (non-hydrogen) atoms. The van der Waals surface area contributed by atoms with Crippen LogP contribution in [0.5, 0.6) is 0 Å². The molecule has 1 aromatic carbocycles. The van der Waals surface area contributed by atoms with E-state index in [9.17, 15) is 4.79 Å². The fourth-order valence-corrected chi connectivity index (χ4v) is 3.85. The lowest BCUT2D eigenvalue weighted by molar-refractivity contribution is -0.113. The third-order valence-electron chi connectivity index (χ3n) is 4.20. The molecule has 0 radical (unpaired) electrons. The Morgan fingerprint density at radius 3 is 2.52 bits per heavy atom. The molecule has 7 heteroatoms.